The highest BCUT2D eigenvalue weighted by atomic mass is 32.2. The van der Waals surface area contributed by atoms with E-state index < -0.39 is 48.3 Å². The number of nitro benzene ring substituents is 1. The quantitative estimate of drug-likeness (QED) is 0.128. The third-order valence-corrected chi connectivity index (χ3v) is 9.28. The van der Waals surface area contributed by atoms with E-state index in [4.69, 9.17) is 4.74 Å². The Morgan fingerprint density at radius 3 is 2.56 bits per heavy atom. The summed E-state index contributed by atoms with van der Waals surface area (Å²) in [5, 5.41) is 21.4. The lowest BCUT2D eigenvalue weighted by atomic mass is 10.1. The zero-order chi connectivity index (χ0) is 30.7. The molecule has 12 nitrogen and oxygen atoms in total. The highest BCUT2D eigenvalue weighted by Crippen LogP contribution is 2.39. The van der Waals surface area contributed by atoms with Crippen LogP contribution in [0.4, 0.5) is 31.9 Å². The molecule has 0 bridgehead atoms. The molecule has 0 radical (unpaired) electrons. The maximum atomic E-state index is 15.3. The maximum Gasteiger partial charge on any atom is 0.305 e. The van der Waals surface area contributed by atoms with Crippen molar-refractivity contribution >= 4 is 44.7 Å². The fourth-order valence-corrected chi connectivity index (χ4v) is 6.74. The number of benzene rings is 2. The van der Waals surface area contributed by atoms with E-state index in [1.54, 1.807) is 6.07 Å². The Morgan fingerprint density at radius 2 is 1.91 bits per heavy atom. The van der Waals surface area contributed by atoms with Crippen LogP contribution in [0, 0.1) is 28.7 Å². The van der Waals surface area contributed by atoms with E-state index in [0.29, 0.717) is 23.2 Å². The minimum atomic E-state index is -4.25. The van der Waals surface area contributed by atoms with E-state index in [1.165, 1.54) is 25.3 Å². The normalized spacial score (nSPS) is 13.6. The maximum absolute atomic E-state index is 15.3. The molecule has 0 spiro atoms. The van der Waals surface area contributed by atoms with Gasteiger partial charge >= 0.3 is 5.69 Å². The van der Waals surface area contributed by atoms with Crippen LogP contribution in [0.2, 0.25) is 0 Å². The summed E-state index contributed by atoms with van der Waals surface area (Å²) < 4.78 is 61.5. The number of nitro groups is 1. The molecule has 1 fully saturated rings. The Kier molecular flexibility index (Phi) is 8.77. The van der Waals surface area contributed by atoms with Crippen molar-refractivity contribution in [2.45, 2.75) is 46.9 Å². The van der Waals surface area contributed by atoms with Gasteiger partial charge in [0.25, 0.3) is 0 Å². The number of ether oxygens (including phenoxy) is 1. The molecule has 0 atom stereocenters. The Hall–Kier alpha value is -4.31. The molecular formula is C27H27F2N7O5S2. The third-order valence-electron chi connectivity index (χ3n) is 6.70. The number of sulfone groups is 1. The number of piperidine rings is 1. The number of rotatable bonds is 10. The number of nitrogens with one attached hydrogen (secondary N) is 2. The number of methoxy groups -OCH3 is 1. The number of anilines is 3. The van der Waals surface area contributed by atoms with E-state index in [2.05, 4.69) is 30.4 Å². The molecule has 3 heterocycles. The number of hydrogen-bond donors (Lipinski definition) is 2. The van der Waals surface area contributed by atoms with Gasteiger partial charge in [0.05, 0.1) is 27.6 Å². The molecule has 0 amide bonds. The standard InChI is InChI=1S/C27H27F2N7O5S2/c1-16-13-22(34-33-16)30-25-24(41-2)26(35-11-4-3-5-12-35)32-27(31-25)42-21-10-9-18(14-19(21)28)43(39,40)15-17-7-6-8-20(23(17)29)36(37)38/h6-10,13-14H,3-5,11-12,15H2,1-2H3,(H2,30,31,32,33,34). The van der Waals surface area contributed by atoms with Gasteiger partial charge in [-0.1, -0.05) is 12.1 Å². The molecule has 1 aliphatic heterocycles. The predicted octanol–water partition coefficient (Wildman–Crippen LogP) is 5.56. The molecule has 5 rings (SSSR count). The number of aromatic amines is 1. The van der Waals surface area contributed by atoms with Gasteiger partial charge in [0.15, 0.2) is 32.4 Å². The number of H-pyrrole nitrogens is 1. The smallest absolute Gasteiger partial charge is 0.305 e. The van der Waals surface area contributed by atoms with Gasteiger partial charge in [-0.25, -0.2) is 22.8 Å². The SMILES string of the molecule is COc1c(Nc2cc(C)[nH]n2)nc(Sc2ccc(S(=O)(=O)Cc3cccc([N+](=O)[O-])c3F)cc2F)nc1N1CCCCC1. The molecular weight excluding hydrogens is 604 g/mol. The highest BCUT2D eigenvalue weighted by molar-refractivity contribution is 7.99. The Bertz CT molecular complexity index is 1780. The van der Waals surface area contributed by atoms with Crippen molar-refractivity contribution in [2.24, 2.45) is 0 Å². The van der Waals surface area contributed by atoms with Crippen LogP contribution in [0.5, 0.6) is 5.75 Å². The fourth-order valence-electron chi connectivity index (χ4n) is 4.62. The summed E-state index contributed by atoms with van der Waals surface area (Å²) in [6, 6.07) is 8.34. The van der Waals surface area contributed by atoms with E-state index >= 15 is 4.39 Å². The monoisotopic (exact) mass is 631 g/mol. The lowest BCUT2D eigenvalue weighted by Crippen LogP contribution is -2.31. The van der Waals surface area contributed by atoms with Gasteiger partial charge in [0, 0.05) is 36.5 Å². The molecule has 226 valence electrons. The van der Waals surface area contributed by atoms with Crippen LogP contribution in [-0.4, -0.2) is 53.7 Å². The Morgan fingerprint density at radius 1 is 1.14 bits per heavy atom. The zero-order valence-corrected chi connectivity index (χ0v) is 24.8. The van der Waals surface area contributed by atoms with Crippen LogP contribution in [-0.2, 0) is 15.6 Å². The van der Waals surface area contributed by atoms with Crippen LogP contribution in [0.3, 0.4) is 0 Å². The average Bonchev–Trinajstić information content (AvgIpc) is 3.39. The van der Waals surface area contributed by atoms with Crippen molar-refractivity contribution in [1.29, 1.82) is 0 Å². The van der Waals surface area contributed by atoms with Crippen molar-refractivity contribution in [3.8, 4) is 5.75 Å². The molecule has 2 aromatic heterocycles. The number of hydrogen-bond acceptors (Lipinski definition) is 11. The molecule has 0 aliphatic carbocycles. The Balaban J connectivity index is 1.45. The number of nitrogens with zero attached hydrogens (tertiary/aromatic N) is 5. The van der Waals surface area contributed by atoms with Gasteiger partial charge in [-0.05, 0) is 56.1 Å². The van der Waals surface area contributed by atoms with Gasteiger partial charge < -0.3 is 15.0 Å². The van der Waals surface area contributed by atoms with Crippen LogP contribution in [0.1, 0.15) is 30.5 Å². The van der Waals surface area contributed by atoms with Crippen LogP contribution >= 0.6 is 11.8 Å². The summed E-state index contributed by atoms with van der Waals surface area (Å²) in [6.45, 7) is 3.36. The summed E-state index contributed by atoms with van der Waals surface area (Å²) in [5.41, 5.74) is -0.408. The fraction of sp³-hybridized carbons (Fsp3) is 0.296. The first-order chi connectivity index (χ1) is 20.6. The summed E-state index contributed by atoms with van der Waals surface area (Å²) in [4.78, 5) is 21.1. The second-order valence-corrected chi connectivity index (χ2v) is 12.8. The largest absolute Gasteiger partial charge is 0.490 e. The molecule has 2 aromatic carbocycles. The van der Waals surface area contributed by atoms with Crippen molar-refractivity contribution in [3.63, 3.8) is 0 Å². The summed E-state index contributed by atoms with van der Waals surface area (Å²) in [6.07, 6.45) is 3.04. The molecule has 0 unspecified atom stereocenters. The lowest BCUT2D eigenvalue weighted by Gasteiger charge is -2.29. The topological polar surface area (TPSA) is 156 Å². The predicted molar refractivity (Wildman–Crippen MR) is 156 cm³/mol. The average molecular weight is 632 g/mol. The van der Waals surface area contributed by atoms with E-state index in [1.807, 2.05) is 6.92 Å². The van der Waals surface area contributed by atoms with Crippen LogP contribution in [0.25, 0.3) is 0 Å². The van der Waals surface area contributed by atoms with Gasteiger partial charge in [-0.3, -0.25) is 15.2 Å². The van der Waals surface area contributed by atoms with E-state index in [-0.39, 0.29) is 10.1 Å². The number of aryl methyl sites for hydroxylation is 1. The molecule has 16 heteroatoms. The van der Waals surface area contributed by atoms with Crippen molar-refractivity contribution in [1.82, 2.24) is 20.2 Å². The second kappa shape index (κ2) is 12.5. The van der Waals surface area contributed by atoms with Gasteiger partial charge in [-0.2, -0.15) is 9.49 Å². The van der Waals surface area contributed by atoms with Crippen molar-refractivity contribution < 1.29 is 26.9 Å². The molecule has 0 saturated carbocycles. The first-order valence-corrected chi connectivity index (χ1v) is 15.6. The molecule has 1 saturated heterocycles. The van der Waals surface area contributed by atoms with Gasteiger partial charge in [0.1, 0.15) is 5.82 Å². The molecule has 4 aromatic rings. The molecule has 43 heavy (non-hydrogen) atoms. The van der Waals surface area contributed by atoms with Crippen molar-refractivity contribution in [2.75, 3.05) is 30.4 Å². The highest BCUT2D eigenvalue weighted by Gasteiger charge is 2.26. The number of aromatic nitrogens is 4. The van der Waals surface area contributed by atoms with Crippen LogP contribution in [0.15, 0.2) is 57.4 Å². The summed E-state index contributed by atoms with van der Waals surface area (Å²) >= 11 is 0.895. The minimum absolute atomic E-state index is 0.0526. The van der Waals surface area contributed by atoms with Gasteiger partial charge in [0.2, 0.25) is 11.6 Å². The van der Waals surface area contributed by atoms with Crippen molar-refractivity contribution in [3.05, 3.63) is 75.5 Å². The third kappa shape index (κ3) is 6.69. The Labute approximate surface area is 250 Å². The summed E-state index contributed by atoms with van der Waals surface area (Å²) in [5.74, 6) is -1.23. The van der Waals surface area contributed by atoms with E-state index in [9.17, 15) is 22.9 Å². The lowest BCUT2D eigenvalue weighted by molar-refractivity contribution is -0.387. The van der Waals surface area contributed by atoms with Gasteiger partial charge in [-0.15, -0.1) is 0 Å². The minimum Gasteiger partial charge on any atom is -0.490 e. The second-order valence-electron chi connectivity index (χ2n) is 9.78. The van der Waals surface area contributed by atoms with Crippen LogP contribution < -0.4 is 15.0 Å². The number of halogens is 2. The molecule has 2 N–H and O–H groups in total. The first kappa shape index (κ1) is 30.2. The summed E-state index contributed by atoms with van der Waals surface area (Å²) in [7, 11) is -2.73. The van der Waals surface area contributed by atoms with E-state index in [0.717, 1.165) is 68.0 Å². The molecule has 1 aliphatic rings. The first-order valence-electron chi connectivity index (χ1n) is 13.2. The zero-order valence-electron chi connectivity index (χ0n) is 23.1.